The van der Waals surface area contributed by atoms with Gasteiger partial charge in [-0.05, 0) is 44.2 Å². The van der Waals surface area contributed by atoms with Crippen molar-refractivity contribution < 1.29 is 4.79 Å². The first-order chi connectivity index (χ1) is 13.1. The third-order valence-electron chi connectivity index (χ3n) is 4.30. The summed E-state index contributed by atoms with van der Waals surface area (Å²) in [7, 11) is 0. The molecule has 1 aliphatic rings. The zero-order chi connectivity index (χ0) is 19.1. The number of aromatic nitrogens is 2. The molecule has 144 valence electrons. The van der Waals surface area contributed by atoms with Crippen LogP contribution in [0.5, 0.6) is 0 Å². The molecule has 1 fully saturated rings. The summed E-state index contributed by atoms with van der Waals surface area (Å²) in [5.74, 6) is 2.52. The second kappa shape index (κ2) is 9.45. The fourth-order valence-corrected chi connectivity index (χ4v) is 3.45. The van der Waals surface area contributed by atoms with E-state index in [0.717, 1.165) is 41.1 Å². The molecule has 2 amide bonds. The predicted molar refractivity (Wildman–Crippen MR) is 112 cm³/mol. The van der Waals surface area contributed by atoms with E-state index in [1.54, 1.807) is 11.8 Å². The molecular formula is C19H26N6OS. The average Bonchev–Trinajstić information content (AvgIpc) is 3.20. The van der Waals surface area contributed by atoms with Crippen LogP contribution in [0, 0.1) is 6.92 Å². The van der Waals surface area contributed by atoms with Crippen LogP contribution >= 0.6 is 11.8 Å². The van der Waals surface area contributed by atoms with Gasteiger partial charge in [-0.1, -0.05) is 6.07 Å². The molecule has 7 nitrogen and oxygen atoms in total. The van der Waals surface area contributed by atoms with Crippen LogP contribution in [0.2, 0.25) is 0 Å². The fourth-order valence-electron chi connectivity index (χ4n) is 2.99. The van der Waals surface area contributed by atoms with E-state index in [9.17, 15) is 4.79 Å². The maximum atomic E-state index is 12.0. The van der Waals surface area contributed by atoms with Gasteiger partial charge in [-0.2, -0.15) is 0 Å². The molecule has 2 aromatic rings. The van der Waals surface area contributed by atoms with Crippen LogP contribution < -0.4 is 20.9 Å². The second-order valence-corrected chi connectivity index (χ2v) is 7.27. The highest BCUT2D eigenvalue weighted by Gasteiger charge is 2.15. The summed E-state index contributed by atoms with van der Waals surface area (Å²) in [5.41, 5.74) is 0.786. The van der Waals surface area contributed by atoms with Crippen LogP contribution in [-0.4, -0.2) is 48.4 Å². The van der Waals surface area contributed by atoms with Gasteiger partial charge in [-0.3, -0.25) is 0 Å². The van der Waals surface area contributed by atoms with Gasteiger partial charge < -0.3 is 20.9 Å². The Balaban J connectivity index is 1.45. The molecular weight excluding hydrogens is 360 g/mol. The summed E-state index contributed by atoms with van der Waals surface area (Å²) in [5, 5.41) is 8.96. The monoisotopic (exact) mass is 386 g/mol. The van der Waals surface area contributed by atoms with Crippen molar-refractivity contribution >= 4 is 35.1 Å². The molecule has 27 heavy (non-hydrogen) atoms. The van der Waals surface area contributed by atoms with Gasteiger partial charge in [-0.25, -0.2) is 14.8 Å². The number of carbonyl (C=O) groups excluding carboxylic acids is 1. The molecule has 1 aliphatic heterocycles. The smallest absolute Gasteiger partial charge is 0.319 e. The predicted octanol–water partition coefficient (Wildman–Crippen LogP) is 3.34. The molecule has 8 heteroatoms. The van der Waals surface area contributed by atoms with Crippen molar-refractivity contribution in [1.82, 2.24) is 15.3 Å². The van der Waals surface area contributed by atoms with Crippen molar-refractivity contribution in [3.8, 4) is 0 Å². The van der Waals surface area contributed by atoms with E-state index in [0.29, 0.717) is 13.1 Å². The van der Waals surface area contributed by atoms with E-state index in [1.165, 1.54) is 12.8 Å². The summed E-state index contributed by atoms with van der Waals surface area (Å²) in [6.45, 7) is 5.09. The molecule has 1 aromatic carbocycles. The molecule has 0 atom stereocenters. The molecule has 2 heterocycles. The first kappa shape index (κ1) is 19.3. The number of hydrogen-bond donors (Lipinski definition) is 3. The minimum atomic E-state index is -0.216. The molecule has 0 unspecified atom stereocenters. The van der Waals surface area contributed by atoms with Crippen molar-refractivity contribution in [2.45, 2.75) is 24.7 Å². The van der Waals surface area contributed by atoms with E-state index in [4.69, 9.17) is 0 Å². The van der Waals surface area contributed by atoms with Gasteiger partial charge in [0.05, 0.1) is 0 Å². The van der Waals surface area contributed by atoms with Gasteiger partial charge in [-0.15, -0.1) is 11.8 Å². The van der Waals surface area contributed by atoms with E-state index in [1.807, 2.05) is 43.5 Å². The Kier molecular flexibility index (Phi) is 6.75. The average molecular weight is 387 g/mol. The van der Waals surface area contributed by atoms with Crippen LogP contribution in [-0.2, 0) is 0 Å². The minimum Gasteiger partial charge on any atom is -0.368 e. The lowest BCUT2D eigenvalue weighted by atomic mass is 10.3. The highest BCUT2D eigenvalue weighted by atomic mass is 32.2. The highest BCUT2D eigenvalue weighted by Crippen LogP contribution is 2.20. The Labute approximate surface area is 164 Å². The van der Waals surface area contributed by atoms with Crippen LogP contribution in [0.25, 0.3) is 0 Å². The number of nitrogens with zero attached hydrogens (tertiary/aromatic N) is 3. The lowest BCUT2D eigenvalue weighted by Crippen LogP contribution is -2.32. The molecule has 0 bridgehead atoms. The zero-order valence-corrected chi connectivity index (χ0v) is 16.6. The summed E-state index contributed by atoms with van der Waals surface area (Å²) in [6.07, 6.45) is 4.43. The lowest BCUT2D eigenvalue weighted by Gasteiger charge is -2.18. The number of benzene rings is 1. The van der Waals surface area contributed by atoms with Crippen molar-refractivity contribution in [3.05, 3.63) is 36.2 Å². The van der Waals surface area contributed by atoms with Crippen LogP contribution in [0.3, 0.4) is 0 Å². The molecule has 1 aromatic heterocycles. The second-order valence-electron chi connectivity index (χ2n) is 6.39. The SMILES string of the molecule is CSc1cccc(NC(=O)NCCNc2cc(N3CCCC3)nc(C)n2)c1. The topological polar surface area (TPSA) is 82.2 Å². The largest absolute Gasteiger partial charge is 0.368 e. The number of hydrogen-bond acceptors (Lipinski definition) is 6. The normalized spacial score (nSPS) is 13.5. The Morgan fingerprint density at radius 1 is 1.19 bits per heavy atom. The van der Waals surface area contributed by atoms with Gasteiger partial charge >= 0.3 is 6.03 Å². The third kappa shape index (κ3) is 5.75. The van der Waals surface area contributed by atoms with Crippen molar-refractivity contribution in [1.29, 1.82) is 0 Å². The fraction of sp³-hybridized carbons (Fsp3) is 0.421. The van der Waals surface area contributed by atoms with Crippen molar-refractivity contribution in [2.75, 3.05) is 48.0 Å². The first-order valence-corrected chi connectivity index (χ1v) is 10.4. The molecule has 1 saturated heterocycles. The maximum absolute atomic E-state index is 12.0. The van der Waals surface area contributed by atoms with E-state index < -0.39 is 0 Å². The van der Waals surface area contributed by atoms with Gasteiger partial charge in [0, 0.05) is 42.8 Å². The number of urea groups is 1. The van der Waals surface area contributed by atoms with Crippen molar-refractivity contribution in [3.63, 3.8) is 0 Å². The Morgan fingerprint density at radius 3 is 2.78 bits per heavy atom. The molecule has 0 aliphatic carbocycles. The summed E-state index contributed by atoms with van der Waals surface area (Å²) in [4.78, 5) is 24.4. The van der Waals surface area contributed by atoms with E-state index >= 15 is 0 Å². The van der Waals surface area contributed by atoms with Crippen LogP contribution in [0.1, 0.15) is 18.7 Å². The first-order valence-electron chi connectivity index (χ1n) is 9.17. The summed E-state index contributed by atoms with van der Waals surface area (Å²) in [6, 6.07) is 9.53. The van der Waals surface area contributed by atoms with E-state index in [-0.39, 0.29) is 6.03 Å². The molecule has 3 rings (SSSR count). The third-order valence-corrected chi connectivity index (χ3v) is 5.02. The summed E-state index contributed by atoms with van der Waals surface area (Å²) >= 11 is 1.64. The number of nitrogens with one attached hydrogen (secondary N) is 3. The standard InChI is InChI=1S/C19H26N6OS/c1-14-22-17(13-18(23-14)25-10-3-4-11-25)20-8-9-21-19(26)24-15-6-5-7-16(12-15)27-2/h5-7,12-13H,3-4,8-11H2,1-2H3,(H,20,22,23)(H2,21,24,26). The van der Waals surface area contributed by atoms with Gasteiger partial charge in [0.15, 0.2) is 0 Å². The Bertz CT molecular complexity index is 779. The highest BCUT2D eigenvalue weighted by molar-refractivity contribution is 7.98. The zero-order valence-electron chi connectivity index (χ0n) is 15.8. The number of thioether (sulfide) groups is 1. The van der Waals surface area contributed by atoms with Gasteiger partial charge in [0.25, 0.3) is 0 Å². The van der Waals surface area contributed by atoms with Gasteiger partial charge in [0.1, 0.15) is 17.5 Å². The summed E-state index contributed by atoms with van der Waals surface area (Å²) < 4.78 is 0. The van der Waals surface area contributed by atoms with Crippen LogP contribution in [0.4, 0.5) is 22.1 Å². The molecule has 3 N–H and O–H groups in total. The minimum absolute atomic E-state index is 0.216. The molecule has 0 saturated carbocycles. The number of amides is 2. The molecule has 0 radical (unpaired) electrons. The quantitative estimate of drug-likeness (QED) is 0.500. The molecule has 0 spiro atoms. The van der Waals surface area contributed by atoms with Crippen molar-refractivity contribution in [2.24, 2.45) is 0 Å². The number of carbonyl (C=O) groups is 1. The Hall–Kier alpha value is -2.48. The number of anilines is 3. The maximum Gasteiger partial charge on any atom is 0.319 e. The number of rotatable bonds is 7. The van der Waals surface area contributed by atoms with E-state index in [2.05, 4.69) is 30.8 Å². The number of aryl methyl sites for hydroxylation is 1. The van der Waals surface area contributed by atoms with Gasteiger partial charge in [0.2, 0.25) is 0 Å². The van der Waals surface area contributed by atoms with Crippen LogP contribution in [0.15, 0.2) is 35.2 Å². The lowest BCUT2D eigenvalue weighted by molar-refractivity contribution is 0.252. The Morgan fingerprint density at radius 2 is 2.00 bits per heavy atom.